The molecule has 0 aliphatic heterocycles. The number of aliphatic carboxylic acids is 1. The number of hydrogen-bond donors (Lipinski definition) is 3. The minimum atomic E-state index is -1.12. The Morgan fingerprint density at radius 2 is 1.79 bits per heavy atom. The Morgan fingerprint density at radius 1 is 1.24 bits per heavy atom. The number of aliphatic hydroxyl groups is 2. The molecule has 2 rings (SSSR count). The van der Waals surface area contributed by atoms with Crippen LogP contribution in [-0.4, -0.2) is 46.2 Å². The number of aryl methyl sites for hydroxylation is 2. The quantitative estimate of drug-likeness (QED) is 0.443. The van der Waals surface area contributed by atoms with Crippen molar-refractivity contribution in [3.63, 3.8) is 0 Å². The van der Waals surface area contributed by atoms with Gasteiger partial charge in [0.05, 0.1) is 24.2 Å². The van der Waals surface area contributed by atoms with Gasteiger partial charge in [-0.2, -0.15) is 0 Å². The van der Waals surface area contributed by atoms with E-state index in [1.54, 1.807) is 27.0 Å². The first-order chi connectivity index (χ1) is 15.4. The maximum atomic E-state index is 14.4. The van der Waals surface area contributed by atoms with Crippen LogP contribution in [0.1, 0.15) is 77.4 Å². The van der Waals surface area contributed by atoms with E-state index in [0.29, 0.717) is 17.5 Å². The van der Waals surface area contributed by atoms with Gasteiger partial charge >= 0.3 is 35.5 Å². The van der Waals surface area contributed by atoms with Crippen molar-refractivity contribution in [2.75, 3.05) is 7.11 Å². The number of carboxylic acid groups (broad SMARTS) is 1. The standard InChI is InChI=1S/C27H39FO5.Na.H/c1-7-27(8-2)16-26(5,33-6)15-22(19-11-17(3)25(28)18(4)12-19)23(27)10-9-20(29)13-21(30)14-24(31)32;;/h9-12,20-21,29-30H,7-8,13-16H2,1-6H3,(H,31,32);;/q;+1;-1/b10-9+;;. The molecule has 1 aromatic rings. The second-order valence-electron chi connectivity index (χ2n) is 9.73. The minimum Gasteiger partial charge on any atom is -1.00 e. The second kappa shape index (κ2) is 12.8. The van der Waals surface area contributed by atoms with E-state index < -0.39 is 24.6 Å². The Hall–Kier alpha value is -1.02. The minimum absolute atomic E-state index is 0. The normalized spacial score (nSPS) is 21.9. The molecule has 0 radical (unpaired) electrons. The van der Waals surface area contributed by atoms with Crippen molar-refractivity contribution in [1.82, 2.24) is 0 Å². The zero-order valence-electron chi connectivity index (χ0n) is 22.7. The van der Waals surface area contributed by atoms with Gasteiger partial charge in [-0.25, -0.2) is 4.39 Å². The van der Waals surface area contributed by atoms with E-state index in [2.05, 4.69) is 20.8 Å². The van der Waals surface area contributed by atoms with E-state index in [9.17, 15) is 19.4 Å². The number of aliphatic hydroxyl groups excluding tert-OH is 2. The summed E-state index contributed by atoms with van der Waals surface area (Å²) in [5, 5.41) is 29.2. The summed E-state index contributed by atoms with van der Waals surface area (Å²) in [6.07, 6.45) is 4.18. The summed E-state index contributed by atoms with van der Waals surface area (Å²) in [6.45, 7) is 9.92. The number of methoxy groups -OCH3 is 1. The van der Waals surface area contributed by atoms with Crippen molar-refractivity contribution in [3.05, 3.63) is 52.4 Å². The van der Waals surface area contributed by atoms with Crippen LogP contribution in [0.15, 0.2) is 29.9 Å². The molecular weight excluding hydrogens is 446 g/mol. The van der Waals surface area contributed by atoms with E-state index in [1.807, 2.05) is 18.2 Å². The predicted molar refractivity (Wildman–Crippen MR) is 130 cm³/mol. The number of carboxylic acids is 1. The second-order valence-corrected chi connectivity index (χ2v) is 9.73. The molecule has 5 nitrogen and oxygen atoms in total. The zero-order chi connectivity index (χ0) is 25.0. The zero-order valence-corrected chi connectivity index (χ0v) is 23.7. The third-order valence-corrected chi connectivity index (χ3v) is 7.20. The van der Waals surface area contributed by atoms with Crippen molar-refractivity contribution < 1.29 is 60.2 Å². The third-order valence-electron chi connectivity index (χ3n) is 7.20. The van der Waals surface area contributed by atoms with E-state index in [1.165, 1.54) is 0 Å². The molecule has 0 bridgehead atoms. The maximum Gasteiger partial charge on any atom is 1.00 e. The van der Waals surface area contributed by atoms with E-state index in [4.69, 9.17) is 9.84 Å². The van der Waals surface area contributed by atoms with Crippen molar-refractivity contribution in [3.8, 4) is 0 Å². The first-order valence-electron chi connectivity index (χ1n) is 11.7. The monoisotopic (exact) mass is 486 g/mol. The number of halogens is 1. The van der Waals surface area contributed by atoms with Crippen molar-refractivity contribution in [2.24, 2.45) is 5.41 Å². The van der Waals surface area contributed by atoms with E-state index in [-0.39, 0.29) is 54.2 Å². The molecule has 0 heterocycles. The van der Waals surface area contributed by atoms with E-state index >= 15 is 0 Å². The van der Waals surface area contributed by atoms with Crippen LogP contribution >= 0.6 is 0 Å². The molecule has 0 amide bonds. The van der Waals surface area contributed by atoms with Gasteiger partial charge in [0, 0.05) is 20.0 Å². The molecule has 1 aromatic carbocycles. The van der Waals surface area contributed by atoms with Gasteiger partial charge in [0.2, 0.25) is 0 Å². The van der Waals surface area contributed by atoms with Crippen LogP contribution in [0.4, 0.5) is 4.39 Å². The third kappa shape index (κ3) is 7.25. The molecular formula is C27H40FNaO5. The number of carbonyl (C=O) groups is 1. The fourth-order valence-corrected chi connectivity index (χ4v) is 5.19. The Balaban J connectivity index is 0.00000578. The van der Waals surface area contributed by atoms with Crippen molar-refractivity contribution in [2.45, 2.75) is 91.0 Å². The van der Waals surface area contributed by atoms with Crippen LogP contribution in [0.2, 0.25) is 0 Å². The van der Waals surface area contributed by atoms with Gasteiger partial charge in [-0.3, -0.25) is 4.79 Å². The van der Waals surface area contributed by atoms with Crippen LogP contribution < -0.4 is 29.6 Å². The molecule has 0 saturated heterocycles. The van der Waals surface area contributed by atoms with Crippen molar-refractivity contribution >= 4 is 11.5 Å². The molecule has 1 aliphatic carbocycles. The maximum absolute atomic E-state index is 14.4. The summed E-state index contributed by atoms with van der Waals surface area (Å²) < 4.78 is 20.4. The number of hydrogen-bond acceptors (Lipinski definition) is 4. The summed E-state index contributed by atoms with van der Waals surface area (Å²) >= 11 is 0. The predicted octanol–water partition coefficient (Wildman–Crippen LogP) is 2.46. The number of ether oxygens (including phenoxy) is 1. The van der Waals surface area contributed by atoms with Gasteiger partial charge in [-0.15, -0.1) is 0 Å². The number of benzene rings is 1. The summed E-state index contributed by atoms with van der Waals surface area (Å²) in [6, 6.07) is 3.74. The van der Waals surface area contributed by atoms with Crippen LogP contribution in [-0.2, 0) is 9.53 Å². The fraction of sp³-hybridized carbons (Fsp3) is 0.593. The smallest absolute Gasteiger partial charge is 1.00 e. The molecule has 186 valence electrons. The molecule has 1 aliphatic rings. The molecule has 0 fully saturated rings. The molecule has 3 atom stereocenters. The van der Waals surface area contributed by atoms with Gasteiger partial charge < -0.3 is 21.5 Å². The first-order valence-corrected chi connectivity index (χ1v) is 11.7. The summed E-state index contributed by atoms with van der Waals surface area (Å²) in [5.74, 6) is -1.31. The Morgan fingerprint density at radius 3 is 2.26 bits per heavy atom. The largest absolute Gasteiger partial charge is 1.00 e. The molecule has 7 heteroatoms. The Bertz CT molecular complexity index is 905. The molecule has 3 unspecified atom stereocenters. The molecule has 34 heavy (non-hydrogen) atoms. The topological polar surface area (TPSA) is 87.0 Å². The number of allylic oxidation sites excluding steroid dienone is 2. The van der Waals surface area contributed by atoms with Gasteiger partial charge in [0.25, 0.3) is 0 Å². The molecule has 0 spiro atoms. The van der Waals surface area contributed by atoms with Gasteiger partial charge in [-0.05, 0) is 85.4 Å². The Kier molecular flexibility index (Phi) is 11.7. The van der Waals surface area contributed by atoms with Crippen LogP contribution in [0.25, 0.3) is 5.57 Å². The van der Waals surface area contributed by atoms with Crippen LogP contribution in [0.3, 0.4) is 0 Å². The van der Waals surface area contributed by atoms with Crippen LogP contribution in [0.5, 0.6) is 0 Å². The first kappa shape index (κ1) is 31.0. The van der Waals surface area contributed by atoms with Crippen molar-refractivity contribution in [1.29, 1.82) is 0 Å². The Labute approximate surface area is 226 Å². The fourth-order valence-electron chi connectivity index (χ4n) is 5.19. The molecule has 0 aromatic heterocycles. The molecule has 3 N–H and O–H groups in total. The summed E-state index contributed by atoms with van der Waals surface area (Å²) in [5.41, 5.74) is 3.67. The van der Waals surface area contributed by atoms with E-state index in [0.717, 1.165) is 36.0 Å². The SMILES string of the molecule is CCC1(CC)CC(C)(OC)CC(c2cc(C)c(F)c(C)c2)=C1/C=C/C(O)CC(O)CC(=O)O.[H-].[Na+]. The average molecular weight is 487 g/mol. The van der Waals surface area contributed by atoms with Crippen LogP contribution in [0, 0.1) is 25.1 Å². The van der Waals surface area contributed by atoms with Gasteiger partial charge in [0.1, 0.15) is 5.82 Å². The number of rotatable bonds is 10. The van der Waals surface area contributed by atoms with Gasteiger partial charge in [-0.1, -0.05) is 26.0 Å². The average Bonchev–Trinajstić information content (AvgIpc) is 2.74. The molecule has 0 saturated carbocycles. The summed E-state index contributed by atoms with van der Waals surface area (Å²) in [7, 11) is 1.73. The van der Waals surface area contributed by atoms with Gasteiger partial charge in [0.15, 0.2) is 0 Å². The summed E-state index contributed by atoms with van der Waals surface area (Å²) in [4.78, 5) is 10.8.